The van der Waals surface area contributed by atoms with E-state index in [4.69, 9.17) is 5.73 Å². The molecular formula is C15H20N2O2S. The van der Waals surface area contributed by atoms with Gasteiger partial charge in [0.15, 0.2) is 0 Å². The van der Waals surface area contributed by atoms with Gasteiger partial charge in [-0.3, -0.25) is 0 Å². The quantitative estimate of drug-likeness (QED) is 0.835. The molecule has 5 heteroatoms. The fourth-order valence-corrected chi connectivity index (χ4v) is 4.14. The smallest absolute Gasteiger partial charge is 0.244 e. The van der Waals surface area contributed by atoms with E-state index in [1.165, 1.54) is 0 Å². The zero-order valence-electron chi connectivity index (χ0n) is 11.8. The van der Waals surface area contributed by atoms with Crippen molar-refractivity contribution >= 4 is 10.0 Å². The number of nitrogens with two attached hydrogens (primary N) is 1. The van der Waals surface area contributed by atoms with Gasteiger partial charge in [0.1, 0.15) is 0 Å². The first-order valence-corrected chi connectivity index (χ1v) is 8.19. The maximum Gasteiger partial charge on any atom is 0.244 e. The van der Waals surface area contributed by atoms with Gasteiger partial charge in [0.25, 0.3) is 0 Å². The summed E-state index contributed by atoms with van der Waals surface area (Å²) < 4.78 is 27.0. The zero-order valence-corrected chi connectivity index (χ0v) is 12.7. The van der Waals surface area contributed by atoms with Gasteiger partial charge in [-0.2, -0.15) is 4.31 Å². The molecule has 0 bridgehead atoms. The summed E-state index contributed by atoms with van der Waals surface area (Å²) in [5, 5.41) is 0. The number of hydrogen-bond donors (Lipinski definition) is 1. The molecule has 20 heavy (non-hydrogen) atoms. The summed E-state index contributed by atoms with van der Waals surface area (Å²) >= 11 is 0. The van der Waals surface area contributed by atoms with Crippen molar-refractivity contribution in [3.05, 3.63) is 29.8 Å². The molecule has 0 aromatic heterocycles. The molecule has 0 aliphatic carbocycles. The molecule has 2 N–H and O–H groups in total. The molecule has 1 heterocycles. The summed E-state index contributed by atoms with van der Waals surface area (Å²) in [5.74, 6) is 6.33. The van der Waals surface area contributed by atoms with Gasteiger partial charge in [-0.05, 0) is 24.0 Å². The first-order valence-electron chi connectivity index (χ1n) is 6.75. The van der Waals surface area contributed by atoms with Crippen LogP contribution in [0.3, 0.4) is 0 Å². The SMILES string of the molecule is CC1CN(S(=O)(=O)c2ccccc2C#CCN)CC1C. The molecule has 0 spiro atoms. The Morgan fingerprint density at radius 1 is 1.25 bits per heavy atom. The highest BCUT2D eigenvalue weighted by molar-refractivity contribution is 7.89. The molecule has 2 atom stereocenters. The van der Waals surface area contributed by atoms with Gasteiger partial charge < -0.3 is 5.73 Å². The van der Waals surface area contributed by atoms with Crippen molar-refractivity contribution in [3.63, 3.8) is 0 Å². The van der Waals surface area contributed by atoms with Crippen LogP contribution >= 0.6 is 0 Å². The van der Waals surface area contributed by atoms with Crippen LogP contribution in [0, 0.1) is 23.7 Å². The van der Waals surface area contributed by atoms with E-state index in [9.17, 15) is 8.42 Å². The van der Waals surface area contributed by atoms with Gasteiger partial charge >= 0.3 is 0 Å². The van der Waals surface area contributed by atoms with Crippen LogP contribution in [0.1, 0.15) is 19.4 Å². The van der Waals surface area contributed by atoms with Crippen molar-refractivity contribution < 1.29 is 8.42 Å². The van der Waals surface area contributed by atoms with Crippen LogP contribution in [-0.2, 0) is 10.0 Å². The standard InChI is InChI=1S/C15H20N2O2S/c1-12-10-17(11-13(12)2)20(18,19)15-8-4-3-6-14(15)7-5-9-16/h3-4,6,8,12-13H,9-11,16H2,1-2H3. The largest absolute Gasteiger partial charge is 0.320 e. The third-order valence-electron chi connectivity index (χ3n) is 3.78. The van der Waals surface area contributed by atoms with Crippen molar-refractivity contribution in [2.75, 3.05) is 19.6 Å². The average Bonchev–Trinajstić information content (AvgIpc) is 2.77. The number of benzene rings is 1. The Labute approximate surface area is 121 Å². The summed E-state index contributed by atoms with van der Waals surface area (Å²) in [6.45, 7) is 5.52. The van der Waals surface area contributed by atoms with E-state index < -0.39 is 10.0 Å². The van der Waals surface area contributed by atoms with Gasteiger partial charge in [-0.1, -0.05) is 37.8 Å². The Hall–Kier alpha value is -1.35. The summed E-state index contributed by atoms with van der Waals surface area (Å²) in [6, 6.07) is 6.85. The topological polar surface area (TPSA) is 63.4 Å². The van der Waals surface area contributed by atoms with E-state index in [-0.39, 0.29) is 11.4 Å². The minimum absolute atomic E-state index is 0.214. The predicted molar refractivity (Wildman–Crippen MR) is 79.5 cm³/mol. The van der Waals surface area contributed by atoms with Crippen molar-refractivity contribution in [3.8, 4) is 11.8 Å². The predicted octanol–water partition coefficient (Wildman–Crippen LogP) is 1.27. The number of nitrogens with zero attached hydrogens (tertiary/aromatic N) is 1. The molecule has 2 rings (SSSR count). The van der Waals surface area contributed by atoms with E-state index in [0.29, 0.717) is 30.5 Å². The van der Waals surface area contributed by atoms with Crippen molar-refractivity contribution in [1.82, 2.24) is 4.31 Å². The molecule has 1 aromatic rings. The van der Waals surface area contributed by atoms with Gasteiger partial charge in [-0.15, -0.1) is 0 Å². The lowest BCUT2D eigenvalue weighted by atomic mass is 10.0. The van der Waals surface area contributed by atoms with Gasteiger partial charge in [-0.25, -0.2) is 8.42 Å². The number of hydrogen-bond acceptors (Lipinski definition) is 3. The van der Waals surface area contributed by atoms with Crippen LogP contribution < -0.4 is 5.73 Å². The van der Waals surface area contributed by atoms with E-state index in [0.717, 1.165) is 0 Å². The molecule has 1 aliphatic rings. The summed E-state index contributed by atoms with van der Waals surface area (Å²) in [7, 11) is -3.48. The average molecular weight is 292 g/mol. The Morgan fingerprint density at radius 3 is 2.45 bits per heavy atom. The van der Waals surface area contributed by atoms with Gasteiger partial charge in [0.2, 0.25) is 10.0 Å². The van der Waals surface area contributed by atoms with Crippen LogP contribution in [0.25, 0.3) is 0 Å². The molecule has 1 fully saturated rings. The summed E-state index contributed by atoms with van der Waals surface area (Å²) in [4.78, 5) is 0.280. The molecule has 4 nitrogen and oxygen atoms in total. The molecule has 1 aromatic carbocycles. The van der Waals surface area contributed by atoms with Crippen LogP contribution in [-0.4, -0.2) is 32.4 Å². The molecule has 0 amide bonds. The van der Waals surface area contributed by atoms with E-state index in [1.54, 1.807) is 28.6 Å². The Kier molecular flexibility index (Phi) is 4.48. The molecule has 2 unspecified atom stereocenters. The maximum atomic E-state index is 12.7. The van der Waals surface area contributed by atoms with Gasteiger partial charge in [0.05, 0.1) is 11.4 Å². The first-order chi connectivity index (χ1) is 9.46. The lowest BCUT2D eigenvalue weighted by molar-refractivity contribution is 0.463. The minimum atomic E-state index is -3.48. The van der Waals surface area contributed by atoms with E-state index in [1.807, 2.05) is 0 Å². The highest BCUT2D eigenvalue weighted by Gasteiger charge is 2.35. The van der Waals surface area contributed by atoms with Crippen LogP contribution in [0.4, 0.5) is 0 Å². The second-order valence-corrected chi connectivity index (χ2v) is 7.19. The van der Waals surface area contributed by atoms with Gasteiger partial charge in [0, 0.05) is 18.7 Å². The van der Waals surface area contributed by atoms with Crippen molar-refractivity contribution in [1.29, 1.82) is 0 Å². The molecule has 0 radical (unpaired) electrons. The molecule has 108 valence electrons. The lowest BCUT2D eigenvalue weighted by Crippen LogP contribution is -2.29. The highest BCUT2D eigenvalue weighted by atomic mass is 32.2. The third kappa shape index (κ3) is 2.88. The summed E-state index contributed by atoms with van der Waals surface area (Å²) in [5.41, 5.74) is 5.88. The molecule has 1 saturated heterocycles. The number of sulfonamides is 1. The Morgan fingerprint density at radius 2 is 1.85 bits per heavy atom. The lowest BCUT2D eigenvalue weighted by Gasteiger charge is -2.17. The van der Waals surface area contributed by atoms with E-state index in [2.05, 4.69) is 25.7 Å². The number of rotatable bonds is 2. The minimum Gasteiger partial charge on any atom is -0.320 e. The first kappa shape index (κ1) is 15.0. The summed E-state index contributed by atoms with van der Waals surface area (Å²) in [6.07, 6.45) is 0. The monoisotopic (exact) mass is 292 g/mol. The van der Waals surface area contributed by atoms with E-state index >= 15 is 0 Å². The second-order valence-electron chi connectivity index (χ2n) is 5.28. The van der Waals surface area contributed by atoms with Crippen molar-refractivity contribution in [2.45, 2.75) is 18.7 Å². The third-order valence-corrected chi connectivity index (χ3v) is 5.67. The van der Waals surface area contributed by atoms with Crippen molar-refractivity contribution in [2.24, 2.45) is 17.6 Å². The fourth-order valence-electron chi connectivity index (χ4n) is 2.35. The zero-order chi connectivity index (χ0) is 14.8. The van der Waals surface area contributed by atoms with Crippen LogP contribution in [0.5, 0.6) is 0 Å². The highest BCUT2D eigenvalue weighted by Crippen LogP contribution is 2.29. The molecule has 1 aliphatic heterocycles. The maximum absolute atomic E-state index is 12.7. The molecular weight excluding hydrogens is 272 g/mol. The molecule has 0 saturated carbocycles. The normalized spacial score (nSPS) is 23.4. The second kappa shape index (κ2) is 5.96. The Bertz CT molecular complexity index is 633. The Balaban J connectivity index is 2.40. The van der Waals surface area contributed by atoms with Crippen LogP contribution in [0.15, 0.2) is 29.2 Å². The fraction of sp³-hybridized carbons (Fsp3) is 0.467. The van der Waals surface area contributed by atoms with Crippen LogP contribution in [0.2, 0.25) is 0 Å².